The second-order valence-electron chi connectivity index (χ2n) is 13.2. The summed E-state index contributed by atoms with van der Waals surface area (Å²) in [5, 5.41) is 17.4. The Labute approximate surface area is 233 Å². The normalized spacial score (nSPS) is 29.0. The summed E-state index contributed by atoms with van der Waals surface area (Å²) < 4.78 is 39.2. The third kappa shape index (κ3) is 6.72. The van der Waals surface area contributed by atoms with Crippen molar-refractivity contribution in [3.8, 4) is 6.07 Å². The highest BCUT2D eigenvalue weighted by Gasteiger charge is 2.51. The molecule has 0 bridgehead atoms. The van der Waals surface area contributed by atoms with Gasteiger partial charge in [-0.15, -0.1) is 0 Å². The Hall–Kier alpha value is -2.84. The van der Waals surface area contributed by atoms with Gasteiger partial charge in [-0.05, 0) is 62.2 Å². The first-order valence-corrected chi connectivity index (χ1v) is 14.3. The third-order valence-corrected chi connectivity index (χ3v) is 9.21. The van der Waals surface area contributed by atoms with Crippen LogP contribution in [0.1, 0.15) is 85.0 Å². The molecule has 0 aromatic heterocycles. The van der Waals surface area contributed by atoms with Crippen LogP contribution >= 0.6 is 0 Å². The molecule has 222 valence electrons. The molecule has 4 fully saturated rings. The second kappa shape index (κ2) is 11.2. The van der Waals surface area contributed by atoms with Crippen LogP contribution in [0.3, 0.4) is 0 Å². The lowest BCUT2D eigenvalue weighted by Gasteiger charge is -2.37. The number of nitrogens with one attached hydrogen (secondary N) is 3. The summed E-state index contributed by atoms with van der Waals surface area (Å²) in [4.78, 5) is 52.8. The molecule has 0 unspecified atom stereocenters. The zero-order valence-electron chi connectivity index (χ0n) is 23.4. The fourth-order valence-electron chi connectivity index (χ4n) is 6.76. The lowest BCUT2D eigenvalue weighted by molar-refractivity contribution is -0.176. The summed E-state index contributed by atoms with van der Waals surface area (Å²) in [6.45, 7) is 5.06. The van der Waals surface area contributed by atoms with E-state index >= 15 is 0 Å². The highest BCUT2D eigenvalue weighted by molar-refractivity contribution is 5.91. The fourth-order valence-corrected chi connectivity index (χ4v) is 6.76. The molecule has 6 atom stereocenters. The Morgan fingerprint density at radius 1 is 1.10 bits per heavy atom. The van der Waals surface area contributed by atoms with Crippen LogP contribution in [-0.4, -0.2) is 64.9 Å². The number of nitriles is 1. The van der Waals surface area contributed by atoms with Crippen molar-refractivity contribution in [2.75, 3.05) is 6.54 Å². The molecule has 0 aromatic carbocycles. The number of nitrogens with zero attached hydrogens (tertiary/aromatic N) is 2. The molecular weight excluding hydrogens is 527 g/mol. The van der Waals surface area contributed by atoms with Crippen molar-refractivity contribution in [3.63, 3.8) is 0 Å². The van der Waals surface area contributed by atoms with Crippen molar-refractivity contribution in [3.05, 3.63) is 0 Å². The minimum absolute atomic E-state index is 0.00164. The number of amides is 4. The van der Waals surface area contributed by atoms with E-state index in [1.54, 1.807) is 20.8 Å². The third-order valence-electron chi connectivity index (χ3n) is 9.21. The first-order chi connectivity index (χ1) is 18.6. The predicted octanol–water partition coefficient (Wildman–Crippen LogP) is 2.94. The SMILES string of the molecule is CC(C)(C)[C@H](NC(=O)C(F)(F)F)C(=O)N1C[C@@H]2CCCC[C@@H]2[C@H]1CC(=O)N[C@H](C#N)C[C@@H]1CCC2(CC2)NC1=O. The number of carbonyl (C=O) groups excluding carboxylic acids is 4. The molecule has 2 saturated carbocycles. The molecule has 0 radical (unpaired) electrons. The van der Waals surface area contributed by atoms with Crippen molar-refractivity contribution < 1.29 is 32.3 Å². The van der Waals surface area contributed by atoms with Crippen LogP contribution in [0.15, 0.2) is 0 Å². The summed E-state index contributed by atoms with van der Waals surface area (Å²) in [5.74, 6) is -3.60. The number of hydrogen-bond donors (Lipinski definition) is 3. The van der Waals surface area contributed by atoms with E-state index in [2.05, 4.69) is 16.7 Å². The smallest absolute Gasteiger partial charge is 0.350 e. The molecule has 4 amide bonds. The van der Waals surface area contributed by atoms with Gasteiger partial charge < -0.3 is 20.9 Å². The molecule has 2 aliphatic heterocycles. The first-order valence-electron chi connectivity index (χ1n) is 14.3. The van der Waals surface area contributed by atoms with E-state index in [4.69, 9.17) is 0 Å². The highest BCUT2D eigenvalue weighted by atomic mass is 19.4. The van der Waals surface area contributed by atoms with Gasteiger partial charge in [-0.2, -0.15) is 18.4 Å². The molecule has 1 spiro atoms. The lowest BCUT2D eigenvalue weighted by atomic mass is 9.77. The van der Waals surface area contributed by atoms with E-state index in [1.165, 1.54) is 4.90 Å². The van der Waals surface area contributed by atoms with Crippen molar-refractivity contribution >= 4 is 23.6 Å². The number of alkyl halides is 3. The second-order valence-corrected chi connectivity index (χ2v) is 13.2. The van der Waals surface area contributed by atoms with Crippen molar-refractivity contribution in [2.45, 2.75) is 115 Å². The van der Waals surface area contributed by atoms with Crippen LogP contribution in [-0.2, 0) is 19.2 Å². The van der Waals surface area contributed by atoms with Gasteiger partial charge >= 0.3 is 12.1 Å². The van der Waals surface area contributed by atoms with E-state index in [0.717, 1.165) is 44.9 Å². The van der Waals surface area contributed by atoms with Crippen LogP contribution in [0.2, 0.25) is 0 Å². The topological polar surface area (TPSA) is 131 Å². The average molecular weight is 568 g/mol. The zero-order valence-corrected chi connectivity index (χ0v) is 23.4. The Morgan fingerprint density at radius 2 is 1.77 bits per heavy atom. The molecule has 9 nitrogen and oxygen atoms in total. The Bertz CT molecular complexity index is 1060. The fraction of sp³-hybridized carbons (Fsp3) is 0.821. The maximum atomic E-state index is 13.7. The van der Waals surface area contributed by atoms with Crippen LogP contribution in [0.25, 0.3) is 0 Å². The minimum Gasteiger partial charge on any atom is -0.350 e. The van der Waals surface area contributed by atoms with Crippen molar-refractivity contribution in [1.82, 2.24) is 20.9 Å². The number of rotatable bonds is 7. The number of fused-ring (bicyclic) bond motifs is 1. The quantitative estimate of drug-likeness (QED) is 0.435. The van der Waals surface area contributed by atoms with Crippen molar-refractivity contribution in [1.29, 1.82) is 5.26 Å². The largest absolute Gasteiger partial charge is 0.471 e. The molecule has 0 aromatic rings. The number of hydrogen-bond acceptors (Lipinski definition) is 5. The Morgan fingerprint density at radius 3 is 2.35 bits per heavy atom. The first kappa shape index (κ1) is 30.1. The monoisotopic (exact) mass is 567 g/mol. The van der Waals surface area contributed by atoms with Gasteiger partial charge in [-0.25, -0.2) is 0 Å². The Balaban J connectivity index is 1.45. The van der Waals surface area contributed by atoms with Gasteiger partial charge in [-0.1, -0.05) is 33.6 Å². The van der Waals surface area contributed by atoms with Crippen LogP contribution in [0.4, 0.5) is 13.2 Å². The predicted molar refractivity (Wildman–Crippen MR) is 138 cm³/mol. The van der Waals surface area contributed by atoms with Gasteiger partial charge in [0.15, 0.2) is 0 Å². The van der Waals surface area contributed by atoms with Gasteiger partial charge in [0, 0.05) is 30.5 Å². The molecule has 4 aliphatic rings. The lowest BCUT2D eigenvalue weighted by Crippen LogP contribution is -2.58. The molecule has 2 saturated heterocycles. The van der Waals surface area contributed by atoms with Crippen LogP contribution < -0.4 is 16.0 Å². The molecule has 4 rings (SSSR count). The van der Waals surface area contributed by atoms with Gasteiger partial charge in [0.2, 0.25) is 17.7 Å². The number of likely N-dealkylation sites (tertiary alicyclic amines) is 1. The Kier molecular flexibility index (Phi) is 8.44. The number of piperidine rings is 1. The maximum Gasteiger partial charge on any atom is 0.471 e. The summed E-state index contributed by atoms with van der Waals surface area (Å²) >= 11 is 0. The maximum absolute atomic E-state index is 13.7. The van der Waals surface area contributed by atoms with Gasteiger partial charge in [0.25, 0.3) is 0 Å². The van der Waals surface area contributed by atoms with Crippen LogP contribution in [0.5, 0.6) is 0 Å². The molecule has 40 heavy (non-hydrogen) atoms. The zero-order chi connectivity index (χ0) is 29.5. The molecule has 2 heterocycles. The van der Waals surface area contributed by atoms with Crippen molar-refractivity contribution in [2.24, 2.45) is 23.2 Å². The molecule has 12 heteroatoms. The number of halogens is 3. The van der Waals surface area contributed by atoms with E-state index in [-0.39, 0.29) is 42.0 Å². The van der Waals surface area contributed by atoms with Gasteiger partial charge in [-0.3, -0.25) is 19.2 Å². The van der Waals surface area contributed by atoms with E-state index in [1.807, 2.05) is 5.32 Å². The molecule has 3 N–H and O–H groups in total. The standard InChI is InChI=1S/C28H40F3N5O4/c1-26(2,3)22(34-25(40)28(29,30)31)24(39)36-15-17-6-4-5-7-19(17)20(36)13-21(37)33-18(14-32)12-16-8-9-27(10-11-27)35-23(16)38/h16-20,22H,4-13,15H2,1-3H3,(H,33,37)(H,34,40)(H,35,38)/t16-,17-,18-,19-,20+,22+/m0/s1. The summed E-state index contributed by atoms with van der Waals surface area (Å²) in [6.07, 6.45) is 1.94. The minimum atomic E-state index is -5.14. The van der Waals surface area contributed by atoms with Gasteiger partial charge in [0.1, 0.15) is 12.1 Å². The molecular formula is C28H40F3N5O4. The van der Waals surface area contributed by atoms with E-state index < -0.39 is 47.4 Å². The number of carbonyl (C=O) groups is 4. The van der Waals surface area contributed by atoms with Gasteiger partial charge in [0.05, 0.1) is 6.07 Å². The van der Waals surface area contributed by atoms with Crippen LogP contribution in [0, 0.1) is 34.5 Å². The summed E-state index contributed by atoms with van der Waals surface area (Å²) in [7, 11) is 0. The van der Waals surface area contributed by atoms with E-state index in [0.29, 0.717) is 13.0 Å². The van der Waals surface area contributed by atoms with E-state index in [9.17, 15) is 37.6 Å². The highest BCUT2D eigenvalue weighted by Crippen LogP contribution is 2.44. The summed E-state index contributed by atoms with van der Waals surface area (Å²) in [5.41, 5.74) is -1.08. The molecule has 2 aliphatic carbocycles. The summed E-state index contributed by atoms with van der Waals surface area (Å²) in [6, 6.07) is -0.787. The average Bonchev–Trinajstić information content (AvgIpc) is 3.52.